The van der Waals surface area contributed by atoms with Crippen LogP contribution in [0, 0.1) is 5.92 Å². The van der Waals surface area contributed by atoms with Crippen LogP contribution < -0.4 is 4.89 Å². The van der Waals surface area contributed by atoms with Crippen LogP contribution in [0.1, 0.15) is 207 Å². The highest BCUT2D eigenvalue weighted by molar-refractivity contribution is 7.39. The van der Waals surface area contributed by atoms with E-state index in [-0.39, 0.29) is 62.9 Å². The first-order valence-electron chi connectivity index (χ1n) is 21.7. The lowest BCUT2D eigenvalue weighted by Gasteiger charge is -2.26. The number of unbranched alkanes of at least 4 members (excludes halogenated alkanes) is 24. The molecule has 1 fully saturated rings. The van der Waals surface area contributed by atoms with E-state index >= 15 is 0 Å². The third-order valence-corrected chi connectivity index (χ3v) is 10.8. The maximum absolute atomic E-state index is 12.7. The number of rotatable bonds is 38. The highest BCUT2D eigenvalue weighted by Crippen LogP contribution is 2.29. The molecular formula is C42H77NO9P-. The first-order chi connectivity index (χ1) is 25.8. The van der Waals surface area contributed by atoms with Gasteiger partial charge in [-0.1, -0.05) is 175 Å². The molecule has 1 aliphatic rings. The molecule has 1 heterocycles. The summed E-state index contributed by atoms with van der Waals surface area (Å²) in [5.74, 6) is -1.69. The van der Waals surface area contributed by atoms with Crippen LogP contribution >= 0.6 is 8.60 Å². The van der Waals surface area contributed by atoms with Crippen molar-refractivity contribution in [2.45, 2.75) is 213 Å². The lowest BCUT2D eigenvalue weighted by molar-refractivity contribution is -0.208. The predicted octanol–water partition coefficient (Wildman–Crippen LogP) is 10.4. The molecule has 0 saturated carbocycles. The van der Waals surface area contributed by atoms with Crippen LogP contribution in [0.4, 0.5) is 0 Å². The molecule has 0 bridgehead atoms. The van der Waals surface area contributed by atoms with Gasteiger partial charge in [0, 0.05) is 25.2 Å². The minimum atomic E-state index is -2.61. The monoisotopic (exact) mass is 771 g/mol. The Morgan fingerprint density at radius 1 is 0.642 bits per heavy atom. The van der Waals surface area contributed by atoms with E-state index in [4.69, 9.17) is 18.5 Å². The average molecular weight is 771 g/mol. The van der Waals surface area contributed by atoms with Crippen LogP contribution in [0.5, 0.6) is 0 Å². The van der Waals surface area contributed by atoms with Crippen molar-refractivity contribution in [2.75, 3.05) is 26.4 Å². The Hall–Kier alpha value is -1.61. The first kappa shape index (κ1) is 49.4. The number of amides is 2. The molecule has 11 heteroatoms. The van der Waals surface area contributed by atoms with Crippen LogP contribution in [0.3, 0.4) is 0 Å². The van der Waals surface area contributed by atoms with Crippen molar-refractivity contribution in [3.8, 4) is 0 Å². The summed E-state index contributed by atoms with van der Waals surface area (Å²) in [7, 11) is -2.61. The minimum absolute atomic E-state index is 0.0131. The van der Waals surface area contributed by atoms with Crippen LogP contribution in [-0.2, 0) is 37.7 Å². The van der Waals surface area contributed by atoms with E-state index in [0.717, 1.165) is 37.0 Å². The second-order valence-electron chi connectivity index (χ2n) is 15.1. The van der Waals surface area contributed by atoms with Crippen molar-refractivity contribution in [2.24, 2.45) is 5.92 Å². The van der Waals surface area contributed by atoms with E-state index in [9.17, 15) is 24.1 Å². The Balaban J connectivity index is 2.31. The number of carbonyl (C=O) groups excluding carboxylic acids is 4. The number of likely N-dealkylation sites (tertiary alicyclic amines) is 1. The number of hydrogen-bond acceptors (Lipinski definition) is 9. The second kappa shape index (κ2) is 34.8. The molecule has 3 atom stereocenters. The van der Waals surface area contributed by atoms with Gasteiger partial charge in [0.15, 0.2) is 6.10 Å². The topological polar surface area (TPSA) is 132 Å². The Kier molecular flexibility index (Phi) is 32.5. The molecule has 310 valence electrons. The maximum Gasteiger partial charge on any atom is 0.306 e. The smallest absolute Gasteiger partial charge is 0.306 e. The fourth-order valence-electron chi connectivity index (χ4n) is 6.66. The number of imide groups is 1. The van der Waals surface area contributed by atoms with Gasteiger partial charge in [0.05, 0.1) is 28.4 Å². The summed E-state index contributed by atoms with van der Waals surface area (Å²) < 4.78 is 21.5. The van der Waals surface area contributed by atoms with Crippen LogP contribution in [0.2, 0.25) is 0 Å². The van der Waals surface area contributed by atoms with Gasteiger partial charge in [0.25, 0.3) is 0 Å². The number of nitrogens with zero attached hydrogens (tertiary/aromatic N) is 1. The SMILES string of the molecule is CCCCCCCCCCCCCCCC(=O)OCC(COP([O-])OCCN1C(=O)CC(C)C1=O)OC(=O)CCCCCCCCCCCCCCC. The van der Waals surface area contributed by atoms with Gasteiger partial charge in [-0.15, -0.1) is 0 Å². The molecule has 0 aromatic carbocycles. The van der Waals surface area contributed by atoms with Crippen molar-refractivity contribution in [3.63, 3.8) is 0 Å². The van der Waals surface area contributed by atoms with Crippen LogP contribution in [-0.4, -0.2) is 61.1 Å². The normalized spacial score (nSPS) is 15.6. The third kappa shape index (κ3) is 28.5. The molecule has 0 spiro atoms. The van der Waals surface area contributed by atoms with Crippen molar-refractivity contribution in [1.82, 2.24) is 4.90 Å². The maximum atomic E-state index is 12.7. The van der Waals surface area contributed by atoms with Crippen molar-refractivity contribution in [1.29, 1.82) is 0 Å². The Labute approximate surface area is 324 Å². The summed E-state index contributed by atoms with van der Waals surface area (Å²) >= 11 is 0. The summed E-state index contributed by atoms with van der Waals surface area (Å²) in [5.41, 5.74) is 0. The van der Waals surface area contributed by atoms with Gasteiger partial charge < -0.3 is 23.4 Å². The molecule has 0 aromatic heterocycles. The number of carbonyl (C=O) groups is 4. The van der Waals surface area contributed by atoms with Gasteiger partial charge in [0.2, 0.25) is 11.8 Å². The molecule has 0 aromatic rings. The molecule has 10 nitrogen and oxygen atoms in total. The fraction of sp³-hybridized carbons (Fsp3) is 0.905. The molecule has 0 aliphatic carbocycles. The highest BCUT2D eigenvalue weighted by Gasteiger charge is 2.35. The molecule has 3 unspecified atom stereocenters. The zero-order valence-corrected chi connectivity index (χ0v) is 35.0. The number of hydrogen-bond donors (Lipinski definition) is 0. The lowest BCUT2D eigenvalue weighted by Crippen LogP contribution is -2.33. The Morgan fingerprint density at radius 3 is 1.47 bits per heavy atom. The zero-order valence-electron chi connectivity index (χ0n) is 34.1. The molecule has 1 aliphatic heterocycles. The predicted molar refractivity (Wildman–Crippen MR) is 211 cm³/mol. The summed E-state index contributed by atoms with van der Waals surface area (Å²) in [6, 6.07) is 0. The van der Waals surface area contributed by atoms with Gasteiger partial charge >= 0.3 is 11.9 Å². The molecular weight excluding hydrogens is 693 g/mol. The zero-order chi connectivity index (χ0) is 38.8. The van der Waals surface area contributed by atoms with Crippen LogP contribution in [0.25, 0.3) is 0 Å². The molecule has 1 rings (SSSR count). The van der Waals surface area contributed by atoms with Crippen molar-refractivity contribution in [3.05, 3.63) is 0 Å². The van der Waals surface area contributed by atoms with E-state index in [2.05, 4.69) is 13.8 Å². The fourth-order valence-corrected chi connectivity index (χ4v) is 7.26. The molecule has 53 heavy (non-hydrogen) atoms. The lowest BCUT2D eigenvalue weighted by atomic mass is 10.0. The van der Waals surface area contributed by atoms with Crippen molar-refractivity contribution < 1.29 is 42.6 Å². The van der Waals surface area contributed by atoms with Crippen LogP contribution in [0.15, 0.2) is 0 Å². The van der Waals surface area contributed by atoms with E-state index in [1.54, 1.807) is 6.92 Å². The van der Waals surface area contributed by atoms with Crippen molar-refractivity contribution >= 4 is 32.4 Å². The molecule has 2 amide bonds. The van der Waals surface area contributed by atoms with Gasteiger partial charge in [0.1, 0.15) is 6.61 Å². The first-order valence-corrected chi connectivity index (χ1v) is 22.8. The Morgan fingerprint density at radius 2 is 1.06 bits per heavy atom. The second-order valence-corrected chi connectivity index (χ2v) is 16.1. The number of esters is 2. The van der Waals surface area contributed by atoms with E-state index in [1.165, 1.54) is 128 Å². The molecule has 0 N–H and O–H groups in total. The summed E-state index contributed by atoms with van der Waals surface area (Å²) in [6.07, 6.45) is 31.4. The van der Waals surface area contributed by atoms with E-state index in [1.807, 2.05) is 0 Å². The molecule has 0 radical (unpaired) electrons. The number of ether oxygens (including phenoxy) is 2. The minimum Gasteiger partial charge on any atom is -0.786 e. The van der Waals surface area contributed by atoms with Gasteiger partial charge in [-0.05, 0) is 12.8 Å². The van der Waals surface area contributed by atoms with Gasteiger partial charge in [-0.2, -0.15) is 0 Å². The third-order valence-electron chi connectivity index (χ3n) is 10.0. The van der Waals surface area contributed by atoms with E-state index < -0.39 is 20.7 Å². The van der Waals surface area contributed by atoms with Gasteiger partial charge in [-0.3, -0.25) is 24.1 Å². The van der Waals surface area contributed by atoms with Gasteiger partial charge in [-0.25, -0.2) is 0 Å². The summed E-state index contributed by atoms with van der Waals surface area (Å²) in [4.78, 5) is 62.7. The summed E-state index contributed by atoms with van der Waals surface area (Å²) in [6.45, 7) is 5.56. The average Bonchev–Trinajstić information content (AvgIpc) is 3.38. The standard InChI is InChI=1S/C42H77NO9P/c1-4-6-8-10-12-14-16-18-20-22-24-26-28-30-40(45)49-35-38(36-51-53(48)50-33-32-43-39(44)34-37(3)42(43)47)52-41(46)31-29-27-25-23-21-19-17-15-13-11-9-7-5-2/h37-38H,4-36H2,1-3H3/q-1. The highest BCUT2D eigenvalue weighted by atomic mass is 31.2. The van der Waals surface area contributed by atoms with E-state index in [0.29, 0.717) is 12.8 Å². The quantitative estimate of drug-likeness (QED) is 0.0260. The molecule has 1 saturated heterocycles. The summed E-state index contributed by atoms with van der Waals surface area (Å²) in [5, 5.41) is 0. The largest absolute Gasteiger partial charge is 0.786 e. The Bertz CT molecular complexity index is 936.